The second kappa shape index (κ2) is 7.14. The van der Waals surface area contributed by atoms with E-state index in [0.29, 0.717) is 5.69 Å². The SMILES string of the molecule is O=C(Nc1ccc(OC(F)(F)F)cc1)c1ccn(C2CCCNC2)n1. The number of carbonyl (C=O) groups excluding carboxylic acids is 1. The number of nitrogens with one attached hydrogen (secondary N) is 2. The van der Waals surface area contributed by atoms with Crippen molar-refractivity contribution < 1.29 is 22.7 Å². The molecule has 0 saturated carbocycles. The second-order valence-corrected chi connectivity index (χ2v) is 5.71. The Labute approximate surface area is 142 Å². The molecule has 2 aromatic rings. The first-order chi connectivity index (χ1) is 11.9. The monoisotopic (exact) mass is 354 g/mol. The number of carbonyl (C=O) groups is 1. The van der Waals surface area contributed by atoms with Crippen molar-refractivity contribution in [1.29, 1.82) is 0 Å². The molecule has 0 spiro atoms. The Bertz CT molecular complexity index is 722. The number of rotatable bonds is 4. The van der Waals surface area contributed by atoms with Crippen molar-refractivity contribution in [3.63, 3.8) is 0 Å². The van der Waals surface area contributed by atoms with E-state index in [9.17, 15) is 18.0 Å². The predicted octanol–water partition coefficient (Wildman–Crippen LogP) is 2.96. The van der Waals surface area contributed by atoms with Gasteiger partial charge in [-0.2, -0.15) is 5.10 Å². The van der Waals surface area contributed by atoms with Crippen molar-refractivity contribution in [2.75, 3.05) is 18.4 Å². The van der Waals surface area contributed by atoms with Crippen molar-refractivity contribution in [2.45, 2.75) is 25.2 Å². The Morgan fingerprint density at radius 2 is 2.04 bits per heavy atom. The first-order valence-corrected chi connectivity index (χ1v) is 7.84. The highest BCUT2D eigenvalue weighted by molar-refractivity contribution is 6.02. The average Bonchev–Trinajstić information content (AvgIpc) is 3.06. The van der Waals surface area contributed by atoms with Crippen molar-refractivity contribution >= 4 is 11.6 Å². The summed E-state index contributed by atoms with van der Waals surface area (Å²) < 4.78 is 41.9. The van der Waals surface area contributed by atoms with E-state index in [1.165, 1.54) is 12.1 Å². The van der Waals surface area contributed by atoms with Gasteiger partial charge in [0.2, 0.25) is 0 Å². The van der Waals surface area contributed by atoms with Crippen LogP contribution in [0, 0.1) is 0 Å². The van der Waals surface area contributed by atoms with E-state index in [0.717, 1.165) is 38.1 Å². The van der Waals surface area contributed by atoms with E-state index in [1.54, 1.807) is 16.9 Å². The van der Waals surface area contributed by atoms with Crippen LogP contribution in [0.2, 0.25) is 0 Å². The summed E-state index contributed by atoms with van der Waals surface area (Å²) in [6, 6.07) is 6.77. The molecule has 1 amide bonds. The molecule has 1 aliphatic heterocycles. The fraction of sp³-hybridized carbons (Fsp3) is 0.375. The first-order valence-electron chi connectivity index (χ1n) is 7.84. The lowest BCUT2D eigenvalue weighted by Crippen LogP contribution is -2.32. The third-order valence-electron chi connectivity index (χ3n) is 3.83. The molecule has 9 heteroatoms. The zero-order valence-corrected chi connectivity index (χ0v) is 13.2. The smallest absolute Gasteiger partial charge is 0.406 e. The van der Waals surface area contributed by atoms with Gasteiger partial charge in [0.05, 0.1) is 6.04 Å². The highest BCUT2D eigenvalue weighted by Gasteiger charge is 2.31. The van der Waals surface area contributed by atoms with Gasteiger partial charge < -0.3 is 15.4 Å². The molecule has 6 nitrogen and oxygen atoms in total. The molecule has 1 atom stereocenters. The van der Waals surface area contributed by atoms with Crippen LogP contribution in [0.5, 0.6) is 5.75 Å². The lowest BCUT2D eigenvalue weighted by atomic mass is 10.1. The molecule has 1 aromatic carbocycles. The van der Waals surface area contributed by atoms with E-state index in [1.807, 2.05) is 0 Å². The van der Waals surface area contributed by atoms with E-state index < -0.39 is 12.3 Å². The number of benzene rings is 1. The summed E-state index contributed by atoms with van der Waals surface area (Å²) >= 11 is 0. The molecule has 1 aromatic heterocycles. The van der Waals surface area contributed by atoms with Gasteiger partial charge in [0.25, 0.3) is 5.91 Å². The van der Waals surface area contributed by atoms with Crippen LogP contribution in [-0.4, -0.2) is 35.1 Å². The molecule has 1 saturated heterocycles. The van der Waals surface area contributed by atoms with Crippen LogP contribution in [0.15, 0.2) is 36.5 Å². The minimum atomic E-state index is -4.74. The van der Waals surface area contributed by atoms with Gasteiger partial charge in [0.1, 0.15) is 5.75 Å². The van der Waals surface area contributed by atoms with Crippen LogP contribution in [-0.2, 0) is 0 Å². The number of hydrogen-bond acceptors (Lipinski definition) is 4. The first kappa shape index (κ1) is 17.3. The van der Waals surface area contributed by atoms with Crippen molar-refractivity contribution in [3.05, 3.63) is 42.2 Å². The number of piperidine rings is 1. The maximum Gasteiger partial charge on any atom is 0.573 e. The quantitative estimate of drug-likeness (QED) is 0.886. The van der Waals surface area contributed by atoms with Crippen molar-refractivity contribution in [2.24, 2.45) is 0 Å². The maximum atomic E-state index is 12.2. The number of hydrogen-bond donors (Lipinski definition) is 2. The number of halogens is 3. The zero-order chi connectivity index (χ0) is 17.9. The summed E-state index contributed by atoms with van der Waals surface area (Å²) in [5.41, 5.74) is 0.606. The summed E-state index contributed by atoms with van der Waals surface area (Å²) in [5.74, 6) is -0.772. The molecule has 3 rings (SSSR count). The molecule has 134 valence electrons. The molecule has 2 heterocycles. The Balaban J connectivity index is 1.61. The van der Waals surface area contributed by atoms with E-state index in [4.69, 9.17) is 0 Å². The van der Waals surface area contributed by atoms with Gasteiger partial charge in [-0.25, -0.2) is 0 Å². The van der Waals surface area contributed by atoms with Crippen molar-refractivity contribution in [1.82, 2.24) is 15.1 Å². The Kier molecular flexibility index (Phi) is 4.93. The van der Waals surface area contributed by atoms with Crippen LogP contribution < -0.4 is 15.4 Å². The van der Waals surface area contributed by atoms with Gasteiger partial charge in [-0.05, 0) is 49.7 Å². The lowest BCUT2D eigenvalue weighted by Gasteiger charge is -2.22. The molecular formula is C16H17F3N4O2. The number of alkyl halides is 3. The number of ether oxygens (including phenoxy) is 1. The Hall–Kier alpha value is -2.55. The normalized spacial score (nSPS) is 18.0. The molecule has 25 heavy (non-hydrogen) atoms. The predicted molar refractivity (Wildman–Crippen MR) is 84.4 cm³/mol. The molecule has 1 unspecified atom stereocenters. The maximum absolute atomic E-state index is 12.2. The molecule has 1 fully saturated rings. The van der Waals surface area contributed by atoms with Crippen LogP contribution in [0.25, 0.3) is 0 Å². The van der Waals surface area contributed by atoms with Gasteiger partial charge in [-0.1, -0.05) is 0 Å². The van der Waals surface area contributed by atoms with Crippen LogP contribution in [0.1, 0.15) is 29.4 Å². The topological polar surface area (TPSA) is 68.2 Å². The lowest BCUT2D eigenvalue weighted by molar-refractivity contribution is -0.274. The summed E-state index contributed by atoms with van der Waals surface area (Å²) in [6.45, 7) is 1.79. The fourth-order valence-electron chi connectivity index (χ4n) is 2.66. The molecule has 0 aliphatic carbocycles. The van der Waals surface area contributed by atoms with Gasteiger partial charge in [0.15, 0.2) is 5.69 Å². The van der Waals surface area contributed by atoms with Gasteiger partial charge in [-0.15, -0.1) is 13.2 Å². The number of amides is 1. The standard InChI is InChI=1S/C16H17F3N4O2/c17-16(18,19)25-13-5-3-11(4-6-13)21-15(24)14-7-9-23(22-14)12-2-1-8-20-10-12/h3-7,9,12,20H,1-2,8,10H2,(H,21,24). The summed E-state index contributed by atoms with van der Waals surface area (Å²) in [4.78, 5) is 12.2. The minimum Gasteiger partial charge on any atom is -0.406 e. The average molecular weight is 354 g/mol. The van der Waals surface area contributed by atoms with Crippen LogP contribution in [0.3, 0.4) is 0 Å². The summed E-state index contributed by atoms with van der Waals surface area (Å²) in [5, 5.41) is 10.2. The van der Waals surface area contributed by atoms with E-state index in [-0.39, 0.29) is 17.5 Å². The molecule has 1 aliphatic rings. The van der Waals surface area contributed by atoms with Gasteiger partial charge in [0, 0.05) is 18.4 Å². The number of nitrogens with zero attached hydrogens (tertiary/aromatic N) is 2. The molecule has 2 N–H and O–H groups in total. The molecular weight excluding hydrogens is 337 g/mol. The largest absolute Gasteiger partial charge is 0.573 e. The zero-order valence-electron chi connectivity index (χ0n) is 13.2. The van der Waals surface area contributed by atoms with E-state index in [2.05, 4.69) is 20.5 Å². The third-order valence-corrected chi connectivity index (χ3v) is 3.83. The Morgan fingerprint density at radius 1 is 1.28 bits per heavy atom. The number of anilines is 1. The third kappa shape index (κ3) is 4.72. The summed E-state index contributed by atoms with van der Waals surface area (Å²) in [6.07, 6.45) is -0.937. The fourth-order valence-corrected chi connectivity index (χ4v) is 2.66. The van der Waals surface area contributed by atoms with Gasteiger partial charge >= 0.3 is 6.36 Å². The minimum absolute atomic E-state index is 0.217. The van der Waals surface area contributed by atoms with Crippen LogP contribution >= 0.6 is 0 Å². The second-order valence-electron chi connectivity index (χ2n) is 5.71. The van der Waals surface area contributed by atoms with E-state index >= 15 is 0 Å². The number of aromatic nitrogens is 2. The molecule has 0 bridgehead atoms. The Morgan fingerprint density at radius 3 is 2.68 bits per heavy atom. The van der Waals surface area contributed by atoms with Crippen molar-refractivity contribution in [3.8, 4) is 5.75 Å². The highest BCUT2D eigenvalue weighted by Crippen LogP contribution is 2.24. The van der Waals surface area contributed by atoms with Gasteiger partial charge in [-0.3, -0.25) is 9.48 Å². The highest BCUT2D eigenvalue weighted by atomic mass is 19.4. The molecule has 0 radical (unpaired) electrons. The summed E-state index contributed by atoms with van der Waals surface area (Å²) in [7, 11) is 0. The van der Waals surface area contributed by atoms with Crippen LogP contribution in [0.4, 0.5) is 18.9 Å².